The number of fused-ring (bicyclic) bond motifs is 9. The van der Waals surface area contributed by atoms with Gasteiger partial charge in [0.05, 0.1) is 33.6 Å². The Bertz CT molecular complexity index is 3060. The van der Waals surface area contributed by atoms with E-state index in [4.69, 9.17) is 9.97 Å². The first-order valence-corrected chi connectivity index (χ1v) is 20.8. The lowest BCUT2D eigenvalue weighted by molar-refractivity contribution is 0.687. The largest absolute Gasteiger partial charge is 0.318 e. The highest BCUT2D eigenvalue weighted by Crippen LogP contribution is 2.53. The lowest BCUT2D eigenvalue weighted by atomic mass is 9.86. The summed E-state index contributed by atoms with van der Waals surface area (Å²) >= 11 is 0. The maximum Gasteiger partial charge on any atom is 0.162 e. The first-order valence-electron chi connectivity index (χ1n) is 19.3. The van der Waals surface area contributed by atoms with E-state index in [1.54, 1.807) is 6.26 Å². The van der Waals surface area contributed by atoms with Crippen molar-refractivity contribution in [3.8, 4) is 39.5 Å². The summed E-state index contributed by atoms with van der Waals surface area (Å²) in [5.41, 5.74) is 10.8. The second-order valence-corrected chi connectivity index (χ2v) is 16.1. The summed E-state index contributed by atoms with van der Waals surface area (Å²) in [5.74, 6) is 1.64. The predicted octanol–water partition coefficient (Wildman–Crippen LogP) is 12.2. The summed E-state index contributed by atoms with van der Waals surface area (Å²) in [5, 5.41) is 4.80. The van der Waals surface area contributed by atoms with Gasteiger partial charge in [-0.3, -0.25) is 4.21 Å². The van der Waals surface area contributed by atoms with Crippen molar-refractivity contribution < 1.29 is 4.21 Å². The lowest BCUT2D eigenvalue weighted by Crippen LogP contribution is -2.29. The molecule has 57 heavy (non-hydrogen) atoms. The van der Waals surface area contributed by atoms with Gasteiger partial charge in [-0.1, -0.05) is 140 Å². The molecule has 1 aliphatic carbocycles. The molecule has 3 atom stereocenters. The minimum atomic E-state index is -1.14. The third-order valence-corrected chi connectivity index (χ3v) is 12.5. The highest BCUT2D eigenvalue weighted by atomic mass is 32.2. The zero-order valence-corrected chi connectivity index (χ0v) is 32.0. The van der Waals surface area contributed by atoms with E-state index in [0.29, 0.717) is 5.82 Å². The minimum Gasteiger partial charge on any atom is -0.318 e. The zero-order chi connectivity index (χ0) is 38.0. The Kier molecular flexibility index (Phi) is 7.86. The molecule has 0 saturated carbocycles. The van der Waals surface area contributed by atoms with Gasteiger partial charge in [0.25, 0.3) is 0 Å². The molecule has 5 nitrogen and oxygen atoms in total. The van der Waals surface area contributed by atoms with Gasteiger partial charge in [0, 0.05) is 56.4 Å². The molecule has 0 amide bonds. The van der Waals surface area contributed by atoms with Crippen molar-refractivity contribution in [3.05, 3.63) is 194 Å². The van der Waals surface area contributed by atoms with Gasteiger partial charge in [0.1, 0.15) is 5.82 Å². The molecule has 6 heteroatoms. The Hall–Kier alpha value is -6.89. The molecule has 272 valence electrons. The SMILES string of the molecule is CS(=O)c1ccccc1-c1ccc2c(c1)c1c3c4c(ccc3ccc1n2-c1ccccc1)N(c1cc(-c2ccccc2)nc(-c2ccccc2)n1)C1C=CC=CC41. The summed E-state index contributed by atoms with van der Waals surface area (Å²) in [6, 6.07) is 57.3. The number of para-hydroxylation sites is 1. The first kappa shape index (κ1) is 33.4. The molecular formula is C51H36N4OS. The van der Waals surface area contributed by atoms with Crippen LogP contribution in [-0.2, 0) is 10.8 Å². The Balaban J connectivity index is 1.22. The molecule has 9 aromatic rings. The van der Waals surface area contributed by atoms with Crippen LogP contribution in [0.4, 0.5) is 11.5 Å². The highest BCUT2D eigenvalue weighted by Gasteiger charge is 2.40. The molecule has 3 heterocycles. The number of rotatable bonds is 6. The molecule has 0 spiro atoms. The molecule has 0 saturated heterocycles. The van der Waals surface area contributed by atoms with E-state index in [0.717, 1.165) is 66.5 Å². The zero-order valence-electron chi connectivity index (χ0n) is 31.2. The lowest BCUT2D eigenvalue weighted by Gasteiger charge is -2.28. The standard InChI is InChI=1S/C51H36N4OS/c1-57(56)46-24-14-12-21-38(46)36-27-28-43-40(31-36)50-44(54(43)37-19-9-4-10-20-37)29-25-34-26-30-45-49(48(34)50)39-22-11-13-23-42(39)55(45)47-32-41(33-15-5-2-6-16-33)52-51(53-47)35-17-7-3-8-18-35/h2-32,39,42H,1H3. The fourth-order valence-electron chi connectivity index (χ4n) is 9.05. The van der Waals surface area contributed by atoms with Gasteiger partial charge in [-0.05, 0) is 69.9 Å². The Morgan fingerprint density at radius 2 is 1.28 bits per heavy atom. The van der Waals surface area contributed by atoms with Gasteiger partial charge in [0.15, 0.2) is 5.82 Å². The van der Waals surface area contributed by atoms with Crippen molar-refractivity contribution in [1.82, 2.24) is 14.5 Å². The van der Waals surface area contributed by atoms with Gasteiger partial charge in [-0.15, -0.1) is 0 Å². The molecule has 2 aromatic heterocycles. The highest BCUT2D eigenvalue weighted by molar-refractivity contribution is 7.84. The summed E-state index contributed by atoms with van der Waals surface area (Å²) < 4.78 is 15.4. The van der Waals surface area contributed by atoms with Gasteiger partial charge in [0.2, 0.25) is 0 Å². The number of hydrogen-bond donors (Lipinski definition) is 0. The van der Waals surface area contributed by atoms with E-state index >= 15 is 0 Å². The maximum absolute atomic E-state index is 13.0. The van der Waals surface area contributed by atoms with Crippen LogP contribution in [-0.4, -0.2) is 31.0 Å². The number of allylic oxidation sites excluding steroid dienone is 2. The fraction of sp³-hybridized carbons (Fsp3) is 0.0588. The number of anilines is 2. The molecular weight excluding hydrogens is 717 g/mol. The Morgan fingerprint density at radius 3 is 2.07 bits per heavy atom. The molecule has 0 N–H and O–H groups in total. The predicted molar refractivity (Wildman–Crippen MR) is 236 cm³/mol. The van der Waals surface area contributed by atoms with Crippen LogP contribution < -0.4 is 4.90 Å². The van der Waals surface area contributed by atoms with Crippen molar-refractivity contribution in [2.24, 2.45) is 0 Å². The topological polar surface area (TPSA) is 51.0 Å². The van der Waals surface area contributed by atoms with Crippen molar-refractivity contribution in [1.29, 1.82) is 0 Å². The van der Waals surface area contributed by atoms with Crippen LogP contribution in [0.25, 0.3) is 72.0 Å². The summed E-state index contributed by atoms with van der Waals surface area (Å²) in [4.78, 5) is 13.7. The van der Waals surface area contributed by atoms with Crippen LogP contribution in [0.15, 0.2) is 193 Å². The first-order chi connectivity index (χ1) is 28.1. The van der Waals surface area contributed by atoms with Crippen LogP contribution >= 0.6 is 0 Å². The minimum absolute atomic E-state index is 0.0115. The molecule has 1 aliphatic heterocycles. The van der Waals surface area contributed by atoms with E-state index in [-0.39, 0.29) is 12.0 Å². The molecule has 11 rings (SSSR count). The van der Waals surface area contributed by atoms with Crippen LogP contribution in [0.5, 0.6) is 0 Å². The van der Waals surface area contributed by atoms with Crippen LogP contribution in [0, 0.1) is 0 Å². The van der Waals surface area contributed by atoms with Crippen LogP contribution in [0.3, 0.4) is 0 Å². The normalized spacial score (nSPS) is 16.3. The number of hydrogen-bond acceptors (Lipinski definition) is 4. The van der Waals surface area contributed by atoms with Crippen molar-refractivity contribution in [2.75, 3.05) is 11.2 Å². The van der Waals surface area contributed by atoms with E-state index in [1.807, 2.05) is 42.5 Å². The molecule has 7 aromatic carbocycles. The van der Waals surface area contributed by atoms with Gasteiger partial charge < -0.3 is 9.47 Å². The number of aromatic nitrogens is 3. The summed E-state index contributed by atoms with van der Waals surface area (Å²) in [7, 11) is -1.14. The third-order valence-electron chi connectivity index (χ3n) is 11.5. The fourth-order valence-corrected chi connectivity index (χ4v) is 9.81. The second-order valence-electron chi connectivity index (χ2n) is 14.7. The molecule has 3 unspecified atom stereocenters. The van der Waals surface area contributed by atoms with Crippen LogP contribution in [0.2, 0.25) is 0 Å². The van der Waals surface area contributed by atoms with Gasteiger partial charge in [-0.25, -0.2) is 9.97 Å². The third kappa shape index (κ3) is 5.40. The van der Waals surface area contributed by atoms with Crippen molar-refractivity contribution in [2.45, 2.75) is 16.9 Å². The number of nitrogens with zero attached hydrogens (tertiary/aromatic N) is 4. The van der Waals surface area contributed by atoms with Crippen molar-refractivity contribution in [3.63, 3.8) is 0 Å². The van der Waals surface area contributed by atoms with E-state index in [1.165, 1.54) is 21.7 Å². The molecule has 0 fully saturated rings. The summed E-state index contributed by atoms with van der Waals surface area (Å²) in [6.45, 7) is 0. The average molecular weight is 753 g/mol. The monoisotopic (exact) mass is 752 g/mol. The Labute approximate surface area is 333 Å². The molecule has 2 aliphatic rings. The second kappa shape index (κ2) is 13.4. The Morgan fingerprint density at radius 1 is 0.596 bits per heavy atom. The van der Waals surface area contributed by atoms with Gasteiger partial charge in [-0.2, -0.15) is 0 Å². The smallest absolute Gasteiger partial charge is 0.162 e. The van der Waals surface area contributed by atoms with Gasteiger partial charge >= 0.3 is 0 Å². The molecule has 0 bridgehead atoms. The van der Waals surface area contributed by atoms with E-state index in [2.05, 4.69) is 155 Å². The van der Waals surface area contributed by atoms with E-state index < -0.39 is 10.8 Å². The maximum atomic E-state index is 13.0. The van der Waals surface area contributed by atoms with Crippen molar-refractivity contribution >= 4 is 54.9 Å². The molecule has 0 radical (unpaired) electrons. The van der Waals surface area contributed by atoms with Crippen LogP contribution in [0.1, 0.15) is 11.5 Å². The number of benzene rings is 7. The average Bonchev–Trinajstić information content (AvgIpc) is 3.80. The summed E-state index contributed by atoms with van der Waals surface area (Å²) in [6.07, 6.45) is 10.8. The van der Waals surface area contributed by atoms with E-state index in [9.17, 15) is 4.21 Å². The quantitative estimate of drug-likeness (QED) is 0.170.